The highest BCUT2D eigenvalue weighted by Crippen LogP contribution is 2.21. The molecule has 16 heavy (non-hydrogen) atoms. The van der Waals surface area contributed by atoms with E-state index in [1.54, 1.807) is 0 Å². The summed E-state index contributed by atoms with van der Waals surface area (Å²) < 4.78 is 0. The monoisotopic (exact) mass is 221 g/mol. The van der Waals surface area contributed by atoms with Gasteiger partial charge in [-0.05, 0) is 32.1 Å². The maximum atomic E-state index is 11.4. The maximum Gasteiger partial charge on any atom is 0.347 e. The van der Waals surface area contributed by atoms with Crippen molar-refractivity contribution in [1.29, 1.82) is 0 Å². The number of aromatic nitrogens is 2. The normalized spacial score (nSPS) is 15.1. The molecule has 0 unspecified atom stereocenters. The van der Waals surface area contributed by atoms with Crippen molar-refractivity contribution in [1.82, 2.24) is 9.97 Å². The van der Waals surface area contributed by atoms with Crippen LogP contribution >= 0.6 is 0 Å². The summed E-state index contributed by atoms with van der Waals surface area (Å²) >= 11 is 0. The van der Waals surface area contributed by atoms with Crippen LogP contribution in [0.15, 0.2) is 4.79 Å². The molecular formula is C12H19N3O. The number of hydrogen-bond donors (Lipinski definition) is 2. The predicted molar refractivity (Wildman–Crippen MR) is 64.9 cm³/mol. The molecule has 4 heteroatoms. The van der Waals surface area contributed by atoms with Crippen molar-refractivity contribution in [3.8, 4) is 0 Å². The van der Waals surface area contributed by atoms with Gasteiger partial charge in [0, 0.05) is 17.8 Å². The van der Waals surface area contributed by atoms with E-state index in [4.69, 9.17) is 0 Å². The fraction of sp³-hybridized carbons (Fsp3) is 0.667. The first-order chi connectivity index (χ1) is 7.81. The standard InChI is InChI=1S/C12H19N3O/c1-2-3-7-10-9-6-4-5-8-13-11(9)15-12(16)14-10/h2-8H2,1H3,(H2,13,14,15,16). The molecule has 0 aliphatic carbocycles. The van der Waals surface area contributed by atoms with Crippen molar-refractivity contribution >= 4 is 5.82 Å². The third-order valence-electron chi connectivity index (χ3n) is 3.05. The average molecular weight is 221 g/mol. The third-order valence-corrected chi connectivity index (χ3v) is 3.05. The minimum absolute atomic E-state index is 0.223. The summed E-state index contributed by atoms with van der Waals surface area (Å²) in [6, 6.07) is 0. The van der Waals surface area contributed by atoms with Crippen LogP contribution in [0.1, 0.15) is 43.9 Å². The summed E-state index contributed by atoms with van der Waals surface area (Å²) in [6.45, 7) is 3.09. The highest BCUT2D eigenvalue weighted by Gasteiger charge is 2.14. The molecule has 2 heterocycles. The summed E-state index contributed by atoms with van der Waals surface area (Å²) in [7, 11) is 0. The molecule has 1 aliphatic heterocycles. The first-order valence-electron chi connectivity index (χ1n) is 6.17. The van der Waals surface area contributed by atoms with E-state index in [0.29, 0.717) is 0 Å². The molecule has 0 saturated carbocycles. The molecule has 0 spiro atoms. The zero-order valence-corrected chi connectivity index (χ0v) is 9.81. The van der Waals surface area contributed by atoms with Gasteiger partial charge in [-0.3, -0.25) is 0 Å². The highest BCUT2D eigenvalue weighted by molar-refractivity contribution is 5.46. The van der Waals surface area contributed by atoms with Crippen molar-refractivity contribution in [2.24, 2.45) is 0 Å². The lowest BCUT2D eigenvalue weighted by molar-refractivity contribution is 0.738. The van der Waals surface area contributed by atoms with Gasteiger partial charge >= 0.3 is 5.69 Å². The van der Waals surface area contributed by atoms with Crippen LogP contribution in [0.25, 0.3) is 0 Å². The van der Waals surface area contributed by atoms with Crippen LogP contribution in [0.3, 0.4) is 0 Å². The van der Waals surface area contributed by atoms with Crippen LogP contribution in [-0.4, -0.2) is 16.5 Å². The number of H-pyrrole nitrogens is 1. The van der Waals surface area contributed by atoms with Gasteiger partial charge in [-0.2, -0.15) is 4.98 Å². The Kier molecular flexibility index (Phi) is 3.59. The molecule has 1 aromatic rings. The van der Waals surface area contributed by atoms with E-state index in [0.717, 1.165) is 50.2 Å². The molecule has 2 N–H and O–H groups in total. The van der Waals surface area contributed by atoms with Crippen molar-refractivity contribution in [2.75, 3.05) is 11.9 Å². The lowest BCUT2D eigenvalue weighted by atomic mass is 10.0. The summed E-state index contributed by atoms with van der Waals surface area (Å²) in [5.41, 5.74) is 2.09. The Labute approximate surface area is 95.5 Å². The Morgan fingerprint density at radius 2 is 2.25 bits per heavy atom. The second kappa shape index (κ2) is 5.14. The van der Waals surface area contributed by atoms with Crippen LogP contribution in [0.4, 0.5) is 5.82 Å². The van der Waals surface area contributed by atoms with Gasteiger partial charge in [-0.25, -0.2) is 4.79 Å². The molecule has 0 saturated heterocycles. The van der Waals surface area contributed by atoms with Gasteiger partial charge in [0.25, 0.3) is 0 Å². The zero-order valence-electron chi connectivity index (χ0n) is 9.81. The molecule has 0 atom stereocenters. The van der Waals surface area contributed by atoms with Gasteiger partial charge in [0.05, 0.1) is 0 Å². The number of aromatic amines is 1. The largest absolute Gasteiger partial charge is 0.370 e. The SMILES string of the molecule is CCCCc1[nH]c(=O)nc2c1CCCCN2. The predicted octanol–water partition coefficient (Wildman–Crippen LogP) is 1.86. The van der Waals surface area contributed by atoms with Crippen LogP contribution in [0.5, 0.6) is 0 Å². The Balaban J connectivity index is 2.34. The lowest BCUT2D eigenvalue weighted by Crippen LogP contribution is -2.18. The maximum absolute atomic E-state index is 11.4. The number of nitrogens with one attached hydrogen (secondary N) is 2. The second-order valence-corrected chi connectivity index (χ2v) is 4.34. The van der Waals surface area contributed by atoms with Gasteiger partial charge in [0.15, 0.2) is 0 Å². The molecule has 0 radical (unpaired) electrons. The smallest absolute Gasteiger partial charge is 0.347 e. The minimum atomic E-state index is -0.223. The Bertz CT molecular complexity index is 411. The number of fused-ring (bicyclic) bond motifs is 1. The van der Waals surface area contributed by atoms with Crippen LogP contribution in [0.2, 0.25) is 0 Å². The first-order valence-corrected chi connectivity index (χ1v) is 6.17. The summed E-state index contributed by atoms with van der Waals surface area (Å²) in [5.74, 6) is 0.812. The van der Waals surface area contributed by atoms with E-state index in [9.17, 15) is 4.79 Å². The number of anilines is 1. The fourth-order valence-corrected chi connectivity index (χ4v) is 2.16. The van der Waals surface area contributed by atoms with Gasteiger partial charge in [0.2, 0.25) is 0 Å². The first kappa shape index (κ1) is 11.2. The molecule has 0 amide bonds. The van der Waals surface area contributed by atoms with E-state index < -0.39 is 0 Å². The third kappa shape index (κ3) is 2.43. The van der Waals surface area contributed by atoms with Crippen LogP contribution in [0, 0.1) is 0 Å². The zero-order chi connectivity index (χ0) is 11.4. The summed E-state index contributed by atoms with van der Waals surface area (Å²) in [6.07, 6.45) is 6.58. The molecular weight excluding hydrogens is 202 g/mol. The Morgan fingerprint density at radius 3 is 3.06 bits per heavy atom. The highest BCUT2D eigenvalue weighted by atomic mass is 16.1. The molecule has 0 aromatic carbocycles. The molecule has 0 bridgehead atoms. The fourth-order valence-electron chi connectivity index (χ4n) is 2.16. The van der Waals surface area contributed by atoms with Gasteiger partial charge in [0.1, 0.15) is 5.82 Å². The number of aryl methyl sites for hydroxylation is 1. The van der Waals surface area contributed by atoms with E-state index in [1.807, 2.05) is 0 Å². The molecule has 2 rings (SSSR count). The molecule has 1 aliphatic rings. The molecule has 0 fully saturated rings. The van der Waals surface area contributed by atoms with E-state index in [-0.39, 0.29) is 5.69 Å². The topological polar surface area (TPSA) is 57.8 Å². The second-order valence-electron chi connectivity index (χ2n) is 4.34. The van der Waals surface area contributed by atoms with Crippen molar-refractivity contribution in [3.63, 3.8) is 0 Å². The summed E-state index contributed by atoms with van der Waals surface area (Å²) in [5, 5.41) is 3.25. The van der Waals surface area contributed by atoms with E-state index in [1.165, 1.54) is 12.0 Å². The number of unbranched alkanes of at least 4 members (excludes halogenated alkanes) is 1. The Morgan fingerprint density at radius 1 is 1.38 bits per heavy atom. The Hall–Kier alpha value is -1.32. The van der Waals surface area contributed by atoms with Gasteiger partial charge in [-0.1, -0.05) is 13.3 Å². The van der Waals surface area contributed by atoms with Gasteiger partial charge < -0.3 is 10.3 Å². The van der Waals surface area contributed by atoms with Crippen molar-refractivity contribution < 1.29 is 0 Å². The van der Waals surface area contributed by atoms with Crippen LogP contribution < -0.4 is 11.0 Å². The van der Waals surface area contributed by atoms with Crippen molar-refractivity contribution in [2.45, 2.75) is 45.4 Å². The average Bonchev–Trinajstić information content (AvgIpc) is 2.50. The lowest BCUT2D eigenvalue weighted by Gasteiger charge is -2.10. The number of hydrogen-bond acceptors (Lipinski definition) is 3. The summed E-state index contributed by atoms with van der Waals surface area (Å²) in [4.78, 5) is 18.3. The van der Waals surface area contributed by atoms with E-state index in [2.05, 4.69) is 22.2 Å². The minimum Gasteiger partial charge on any atom is -0.370 e. The molecule has 1 aromatic heterocycles. The number of nitrogens with zero attached hydrogens (tertiary/aromatic N) is 1. The van der Waals surface area contributed by atoms with Crippen LogP contribution in [-0.2, 0) is 12.8 Å². The molecule has 88 valence electrons. The number of rotatable bonds is 3. The van der Waals surface area contributed by atoms with Crippen molar-refractivity contribution in [3.05, 3.63) is 21.7 Å². The molecule has 4 nitrogen and oxygen atoms in total. The van der Waals surface area contributed by atoms with Gasteiger partial charge in [-0.15, -0.1) is 0 Å². The quantitative estimate of drug-likeness (QED) is 0.819. The van der Waals surface area contributed by atoms with E-state index >= 15 is 0 Å².